The first-order chi connectivity index (χ1) is 10.5. The molecule has 4 N–H and O–H groups in total. The monoisotopic (exact) mass is 339 g/mol. The van der Waals surface area contributed by atoms with E-state index in [-0.39, 0.29) is 5.91 Å². The molecule has 0 aromatic rings. The fourth-order valence-electron chi connectivity index (χ4n) is 2.36. The first-order valence-corrected chi connectivity index (χ1v) is 8.11. The number of amides is 1. The van der Waals surface area contributed by atoms with Crippen molar-refractivity contribution in [2.75, 3.05) is 19.1 Å². The zero-order valence-corrected chi connectivity index (χ0v) is 13.5. The number of rotatable bonds is 9. The number of unbranched alkanes of at least 4 members (excludes halogenated alkanes) is 3. The highest BCUT2D eigenvalue weighted by molar-refractivity contribution is 6.17. The van der Waals surface area contributed by atoms with Crippen LogP contribution in [0.1, 0.15) is 32.6 Å². The molecule has 1 fully saturated rings. The van der Waals surface area contributed by atoms with Gasteiger partial charge in [0, 0.05) is 19.4 Å². The predicted octanol–water partition coefficient (Wildman–Crippen LogP) is -0.254. The highest BCUT2D eigenvalue weighted by Gasteiger charge is 2.45. The van der Waals surface area contributed by atoms with Crippen LogP contribution >= 0.6 is 11.6 Å². The van der Waals surface area contributed by atoms with Gasteiger partial charge in [-0.15, -0.1) is 11.6 Å². The summed E-state index contributed by atoms with van der Waals surface area (Å²) in [4.78, 5) is 11.2. The van der Waals surface area contributed by atoms with E-state index in [2.05, 4.69) is 5.32 Å². The first kappa shape index (κ1) is 19.6. The molecule has 130 valence electrons. The lowest BCUT2D eigenvalue weighted by atomic mass is 9.97. The minimum atomic E-state index is -1.29. The topological polar surface area (TPSA) is 108 Å². The van der Waals surface area contributed by atoms with Crippen molar-refractivity contribution in [1.29, 1.82) is 0 Å². The molecule has 0 spiro atoms. The molecule has 0 radical (unpaired) electrons. The van der Waals surface area contributed by atoms with Crippen LogP contribution in [0.3, 0.4) is 0 Å². The Kier molecular flexibility index (Phi) is 9.23. The molecule has 1 amide bonds. The lowest BCUT2D eigenvalue weighted by molar-refractivity contribution is -0.270. The minimum Gasteiger partial charge on any atom is -0.394 e. The van der Waals surface area contributed by atoms with Crippen molar-refractivity contribution in [2.45, 2.75) is 63.3 Å². The Hall–Kier alpha value is -0.440. The van der Waals surface area contributed by atoms with E-state index in [0.717, 1.165) is 25.7 Å². The van der Waals surface area contributed by atoms with E-state index >= 15 is 0 Å². The Balaban J connectivity index is 2.52. The Labute approximate surface area is 135 Å². The molecule has 1 aliphatic rings. The molecule has 1 saturated heterocycles. The van der Waals surface area contributed by atoms with Crippen LogP contribution in [0.25, 0.3) is 0 Å². The molecule has 0 aromatic carbocycles. The maximum absolute atomic E-state index is 11.2. The van der Waals surface area contributed by atoms with Gasteiger partial charge in [0.2, 0.25) is 5.91 Å². The number of aliphatic hydroxyl groups excluding tert-OH is 3. The fraction of sp³-hybridized carbons (Fsp3) is 0.929. The molecule has 22 heavy (non-hydrogen) atoms. The van der Waals surface area contributed by atoms with Crippen molar-refractivity contribution >= 4 is 17.5 Å². The molecule has 0 unspecified atom stereocenters. The summed E-state index contributed by atoms with van der Waals surface area (Å²) in [5.41, 5.74) is 0. The van der Waals surface area contributed by atoms with Gasteiger partial charge >= 0.3 is 0 Å². The molecule has 1 heterocycles. The predicted molar refractivity (Wildman–Crippen MR) is 80.5 cm³/mol. The van der Waals surface area contributed by atoms with Gasteiger partial charge in [-0.3, -0.25) is 4.79 Å². The van der Waals surface area contributed by atoms with E-state index in [1.54, 1.807) is 0 Å². The zero-order valence-electron chi connectivity index (χ0n) is 12.8. The third-order valence-corrected chi connectivity index (χ3v) is 3.83. The van der Waals surface area contributed by atoms with Gasteiger partial charge in [0.25, 0.3) is 0 Å². The number of aliphatic hydroxyl groups is 3. The molecule has 1 aliphatic heterocycles. The smallest absolute Gasteiger partial charge is 0.217 e. The van der Waals surface area contributed by atoms with Crippen LogP contribution in [0.2, 0.25) is 0 Å². The fourth-order valence-corrected chi connectivity index (χ4v) is 2.55. The van der Waals surface area contributed by atoms with E-state index in [1.165, 1.54) is 6.92 Å². The summed E-state index contributed by atoms with van der Waals surface area (Å²) in [5.74, 6) is 0.275. The Morgan fingerprint density at radius 2 is 1.91 bits per heavy atom. The minimum absolute atomic E-state index is 0.363. The van der Waals surface area contributed by atoms with Gasteiger partial charge < -0.3 is 30.1 Å². The van der Waals surface area contributed by atoms with Crippen LogP contribution in [-0.4, -0.2) is 71.0 Å². The third kappa shape index (κ3) is 5.98. The second-order valence-electron chi connectivity index (χ2n) is 5.41. The van der Waals surface area contributed by atoms with Crippen LogP contribution in [0.4, 0.5) is 0 Å². The quantitative estimate of drug-likeness (QED) is 0.341. The van der Waals surface area contributed by atoms with Crippen molar-refractivity contribution in [3.63, 3.8) is 0 Å². The molecule has 0 aliphatic carbocycles. The van der Waals surface area contributed by atoms with Gasteiger partial charge in [-0.25, -0.2) is 0 Å². The number of ether oxygens (including phenoxy) is 2. The molecular weight excluding hydrogens is 314 g/mol. The van der Waals surface area contributed by atoms with E-state index in [1.807, 2.05) is 0 Å². The number of hydrogen-bond donors (Lipinski definition) is 4. The standard InChI is InChI=1S/C14H26ClNO6/c1-9(18)16-11-13(20)12(19)10(8-17)22-14(11)21-7-5-3-2-4-6-15/h10-14,17,19-20H,2-8H2,1H3,(H,16,18)/t10-,11+,12-,13+,14-/m1/s1. The maximum Gasteiger partial charge on any atom is 0.217 e. The van der Waals surface area contributed by atoms with Crippen molar-refractivity contribution in [1.82, 2.24) is 5.32 Å². The number of carbonyl (C=O) groups excluding carboxylic acids is 1. The second-order valence-corrected chi connectivity index (χ2v) is 5.78. The van der Waals surface area contributed by atoms with E-state index < -0.39 is 37.3 Å². The van der Waals surface area contributed by atoms with Crippen LogP contribution in [0.5, 0.6) is 0 Å². The summed E-state index contributed by atoms with van der Waals surface area (Å²) in [6, 6.07) is -0.877. The highest BCUT2D eigenvalue weighted by Crippen LogP contribution is 2.22. The van der Waals surface area contributed by atoms with Crippen molar-refractivity contribution in [3.8, 4) is 0 Å². The van der Waals surface area contributed by atoms with E-state index in [9.17, 15) is 20.1 Å². The molecule has 0 bridgehead atoms. The lowest BCUT2D eigenvalue weighted by Gasteiger charge is -2.42. The Morgan fingerprint density at radius 3 is 2.50 bits per heavy atom. The van der Waals surface area contributed by atoms with Gasteiger partial charge in [0.1, 0.15) is 24.4 Å². The number of halogens is 1. The Morgan fingerprint density at radius 1 is 1.23 bits per heavy atom. The average Bonchev–Trinajstić information content (AvgIpc) is 2.49. The highest BCUT2D eigenvalue weighted by atomic mass is 35.5. The summed E-state index contributed by atoms with van der Waals surface area (Å²) in [6.07, 6.45) is -0.692. The molecule has 7 nitrogen and oxygen atoms in total. The molecule has 1 rings (SSSR count). The van der Waals surface area contributed by atoms with Crippen molar-refractivity contribution in [2.24, 2.45) is 0 Å². The van der Waals surface area contributed by atoms with Gasteiger partial charge in [0.15, 0.2) is 6.29 Å². The number of alkyl halides is 1. The van der Waals surface area contributed by atoms with Gasteiger partial charge in [0.05, 0.1) is 6.61 Å². The summed E-state index contributed by atoms with van der Waals surface area (Å²) in [7, 11) is 0. The first-order valence-electron chi connectivity index (χ1n) is 7.58. The number of hydrogen-bond acceptors (Lipinski definition) is 6. The molecule has 0 aromatic heterocycles. The zero-order chi connectivity index (χ0) is 16.5. The van der Waals surface area contributed by atoms with Crippen LogP contribution in [-0.2, 0) is 14.3 Å². The normalized spacial score (nSPS) is 32.0. The average molecular weight is 340 g/mol. The lowest BCUT2D eigenvalue weighted by Crippen LogP contribution is -2.64. The maximum atomic E-state index is 11.2. The molecular formula is C14H26ClNO6. The molecule has 0 saturated carbocycles. The van der Waals surface area contributed by atoms with Crippen LogP contribution in [0, 0.1) is 0 Å². The van der Waals surface area contributed by atoms with Crippen molar-refractivity contribution < 1.29 is 29.6 Å². The number of nitrogens with one attached hydrogen (secondary N) is 1. The Bertz CT molecular complexity index is 332. The largest absolute Gasteiger partial charge is 0.394 e. The summed E-state index contributed by atoms with van der Waals surface area (Å²) >= 11 is 5.60. The SMILES string of the molecule is CC(=O)N[C@@H]1[C@H](OCCCCCCCl)O[C@H](CO)[C@@H](O)[C@H]1O. The third-order valence-electron chi connectivity index (χ3n) is 3.56. The van der Waals surface area contributed by atoms with Crippen LogP contribution in [0.15, 0.2) is 0 Å². The molecule has 5 atom stereocenters. The summed E-state index contributed by atoms with van der Waals surface area (Å²) in [6.45, 7) is 1.26. The second kappa shape index (κ2) is 10.4. The number of carbonyl (C=O) groups is 1. The van der Waals surface area contributed by atoms with E-state index in [4.69, 9.17) is 21.1 Å². The van der Waals surface area contributed by atoms with Gasteiger partial charge in [-0.1, -0.05) is 12.8 Å². The van der Waals surface area contributed by atoms with Gasteiger partial charge in [-0.05, 0) is 12.8 Å². The van der Waals surface area contributed by atoms with E-state index in [0.29, 0.717) is 12.5 Å². The van der Waals surface area contributed by atoms with Crippen molar-refractivity contribution in [3.05, 3.63) is 0 Å². The molecule has 8 heteroatoms. The summed E-state index contributed by atoms with van der Waals surface area (Å²) in [5, 5.41) is 31.6. The van der Waals surface area contributed by atoms with Crippen LogP contribution < -0.4 is 5.32 Å². The summed E-state index contributed by atoms with van der Waals surface area (Å²) < 4.78 is 11.0. The van der Waals surface area contributed by atoms with Gasteiger partial charge in [-0.2, -0.15) is 0 Å².